The molecule has 26 heavy (non-hydrogen) atoms. The fourth-order valence-electron chi connectivity index (χ4n) is 2.73. The van der Waals surface area contributed by atoms with Crippen LogP contribution in [0, 0.1) is 6.92 Å². The predicted molar refractivity (Wildman–Crippen MR) is 106 cm³/mol. The van der Waals surface area contributed by atoms with Crippen LogP contribution in [0.25, 0.3) is 10.9 Å². The van der Waals surface area contributed by atoms with E-state index >= 15 is 0 Å². The number of thioether (sulfide) groups is 1. The van der Waals surface area contributed by atoms with Gasteiger partial charge in [0.1, 0.15) is 0 Å². The van der Waals surface area contributed by atoms with Crippen LogP contribution in [0.3, 0.4) is 0 Å². The van der Waals surface area contributed by atoms with Crippen molar-refractivity contribution in [2.75, 3.05) is 23.0 Å². The molecule has 0 spiro atoms. The summed E-state index contributed by atoms with van der Waals surface area (Å²) in [6.07, 6.45) is 0. The highest BCUT2D eigenvalue weighted by Crippen LogP contribution is 2.20. The molecular formula is C19H20N4O2S. The van der Waals surface area contributed by atoms with E-state index in [-0.39, 0.29) is 17.2 Å². The molecule has 6 nitrogen and oxygen atoms in total. The predicted octanol–water partition coefficient (Wildman–Crippen LogP) is 2.56. The Bertz CT molecular complexity index is 1020. The number of hydrogen-bond acceptors (Lipinski definition) is 5. The van der Waals surface area contributed by atoms with Crippen molar-refractivity contribution in [3.63, 3.8) is 0 Å². The normalized spacial score (nSPS) is 10.8. The van der Waals surface area contributed by atoms with Gasteiger partial charge in [-0.1, -0.05) is 36.0 Å². The first-order valence-electron chi connectivity index (χ1n) is 8.28. The second kappa shape index (κ2) is 7.61. The molecule has 0 saturated carbocycles. The average molecular weight is 368 g/mol. The van der Waals surface area contributed by atoms with Crippen LogP contribution in [0.5, 0.6) is 0 Å². The number of hydrogen-bond donors (Lipinski definition) is 1. The summed E-state index contributed by atoms with van der Waals surface area (Å²) >= 11 is 1.16. The Hall–Kier alpha value is -2.80. The second-order valence-electron chi connectivity index (χ2n) is 5.85. The zero-order valence-corrected chi connectivity index (χ0v) is 15.5. The van der Waals surface area contributed by atoms with Crippen LogP contribution >= 0.6 is 11.8 Å². The van der Waals surface area contributed by atoms with Gasteiger partial charge >= 0.3 is 0 Å². The SMILES string of the molecule is CCN(C(=O)CSc1nc2ccccc2c(=O)n1N)c1cccc(C)c1. The first kappa shape index (κ1) is 18.0. The van der Waals surface area contributed by atoms with E-state index in [0.29, 0.717) is 22.6 Å². The van der Waals surface area contributed by atoms with Crippen LogP contribution in [0.4, 0.5) is 5.69 Å². The Labute approximate surface area is 155 Å². The van der Waals surface area contributed by atoms with Crippen molar-refractivity contribution in [3.05, 3.63) is 64.4 Å². The number of benzene rings is 2. The molecule has 2 aromatic carbocycles. The van der Waals surface area contributed by atoms with Crippen molar-refractivity contribution in [2.24, 2.45) is 0 Å². The number of fused-ring (bicyclic) bond motifs is 1. The molecule has 3 rings (SSSR count). The second-order valence-corrected chi connectivity index (χ2v) is 6.79. The minimum absolute atomic E-state index is 0.0643. The third kappa shape index (κ3) is 3.57. The van der Waals surface area contributed by atoms with Gasteiger partial charge in [0.05, 0.1) is 16.7 Å². The average Bonchev–Trinajstić information content (AvgIpc) is 2.64. The van der Waals surface area contributed by atoms with Crippen molar-refractivity contribution >= 4 is 34.3 Å². The minimum Gasteiger partial charge on any atom is -0.334 e. The summed E-state index contributed by atoms with van der Waals surface area (Å²) in [5, 5.41) is 0.781. The molecule has 1 amide bonds. The molecule has 1 heterocycles. The van der Waals surface area contributed by atoms with E-state index in [4.69, 9.17) is 5.84 Å². The van der Waals surface area contributed by atoms with Gasteiger partial charge in [-0.05, 0) is 43.7 Å². The van der Waals surface area contributed by atoms with Gasteiger partial charge in [0.25, 0.3) is 5.56 Å². The maximum atomic E-state index is 12.7. The van der Waals surface area contributed by atoms with E-state index in [1.807, 2.05) is 44.2 Å². The molecule has 0 saturated heterocycles. The third-order valence-electron chi connectivity index (χ3n) is 4.03. The number of carbonyl (C=O) groups is 1. The lowest BCUT2D eigenvalue weighted by molar-refractivity contribution is -0.116. The number of aromatic nitrogens is 2. The lowest BCUT2D eigenvalue weighted by Crippen LogP contribution is -2.33. The van der Waals surface area contributed by atoms with Crippen LogP contribution in [-0.2, 0) is 4.79 Å². The molecule has 7 heteroatoms. The highest BCUT2D eigenvalue weighted by molar-refractivity contribution is 7.99. The number of para-hydroxylation sites is 1. The van der Waals surface area contributed by atoms with Crippen molar-refractivity contribution < 1.29 is 4.79 Å². The molecule has 3 aromatic rings. The van der Waals surface area contributed by atoms with Gasteiger partial charge in [0.2, 0.25) is 5.91 Å². The van der Waals surface area contributed by atoms with Crippen LogP contribution < -0.4 is 16.3 Å². The van der Waals surface area contributed by atoms with Gasteiger partial charge in [0, 0.05) is 12.2 Å². The molecule has 0 aliphatic rings. The Kier molecular flexibility index (Phi) is 5.27. The van der Waals surface area contributed by atoms with Crippen LogP contribution in [0.15, 0.2) is 58.5 Å². The standard InChI is InChI=1S/C19H20N4O2S/c1-3-22(14-8-6-7-13(2)11-14)17(24)12-26-19-21-16-10-5-4-9-15(16)18(25)23(19)20/h4-11H,3,12,20H2,1-2H3. The molecule has 0 bridgehead atoms. The fraction of sp³-hybridized carbons (Fsp3) is 0.211. The summed E-state index contributed by atoms with van der Waals surface area (Å²) in [7, 11) is 0. The highest BCUT2D eigenvalue weighted by atomic mass is 32.2. The number of carbonyl (C=O) groups excluding carboxylic acids is 1. The Morgan fingerprint density at radius 1 is 1.23 bits per heavy atom. The molecule has 0 aliphatic heterocycles. The fourth-order valence-corrected chi connectivity index (χ4v) is 3.52. The lowest BCUT2D eigenvalue weighted by atomic mass is 10.2. The number of amides is 1. The highest BCUT2D eigenvalue weighted by Gasteiger charge is 2.16. The van der Waals surface area contributed by atoms with Crippen molar-refractivity contribution in [3.8, 4) is 0 Å². The summed E-state index contributed by atoms with van der Waals surface area (Å²) in [6.45, 7) is 4.48. The van der Waals surface area contributed by atoms with Gasteiger partial charge in [-0.15, -0.1) is 0 Å². The topological polar surface area (TPSA) is 81.2 Å². The quantitative estimate of drug-likeness (QED) is 0.425. The van der Waals surface area contributed by atoms with Gasteiger partial charge in [0.15, 0.2) is 5.16 Å². The number of nitrogens with two attached hydrogens (primary N) is 1. The summed E-state index contributed by atoms with van der Waals surface area (Å²) < 4.78 is 1.00. The third-order valence-corrected chi connectivity index (χ3v) is 4.97. The van der Waals surface area contributed by atoms with E-state index in [0.717, 1.165) is 27.7 Å². The van der Waals surface area contributed by atoms with Crippen LogP contribution in [0.1, 0.15) is 12.5 Å². The first-order chi connectivity index (χ1) is 12.5. The monoisotopic (exact) mass is 368 g/mol. The number of rotatable bonds is 5. The van der Waals surface area contributed by atoms with Crippen LogP contribution in [0.2, 0.25) is 0 Å². The van der Waals surface area contributed by atoms with Crippen molar-refractivity contribution in [1.29, 1.82) is 0 Å². The molecule has 0 atom stereocenters. The minimum atomic E-state index is -0.323. The van der Waals surface area contributed by atoms with Gasteiger partial charge < -0.3 is 10.7 Å². The molecule has 1 aromatic heterocycles. The summed E-state index contributed by atoms with van der Waals surface area (Å²) in [6, 6.07) is 14.8. The Balaban J connectivity index is 1.82. The zero-order chi connectivity index (χ0) is 18.7. The van der Waals surface area contributed by atoms with Gasteiger partial charge in [-0.25, -0.2) is 9.66 Å². The zero-order valence-electron chi connectivity index (χ0n) is 14.7. The molecule has 0 radical (unpaired) electrons. The number of aryl methyl sites for hydroxylation is 1. The first-order valence-corrected chi connectivity index (χ1v) is 9.26. The number of nitrogens with zero attached hydrogens (tertiary/aromatic N) is 3. The lowest BCUT2D eigenvalue weighted by Gasteiger charge is -2.21. The summed E-state index contributed by atoms with van der Waals surface area (Å²) in [4.78, 5) is 31.1. The molecule has 0 unspecified atom stereocenters. The number of nitrogen functional groups attached to an aromatic ring is 1. The van der Waals surface area contributed by atoms with E-state index in [1.54, 1.807) is 23.1 Å². The molecule has 0 aliphatic carbocycles. The maximum Gasteiger partial charge on any atom is 0.280 e. The summed E-state index contributed by atoms with van der Waals surface area (Å²) in [5.41, 5.74) is 2.19. The van der Waals surface area contributed by atoms with Crippen molar-refractivity contribution in [2.45, 2.75) is 19.0 Å². The number of anilines is 1. The maximum absolute atomic E-state index is 12.7. The van der Waals surface area contributed by atoms with E-state index in [9.17, 15) is 9.59 Å². The Morgan fingerprint density at radius 3 is 2.73 bits per heavy atom. The van der Waals surface area contributed by atoms with E-state index in [2.05, 4.69) is 4.98 Å². The van der Waals surface area contributed by atoms with E-state index in [1.165, 1.54) is 0 Å². The molecule has 134 valence electrons. The van der Waals surface area contributed by atoms with E-state index < -0.39 is 0 Å². The van der Waals surface area contributed by atoms with Gasteiger partial charge in [-0.2, -0.15) is 0 Å². The molecule has 2 N–H and O–H groups in total. The van der Waals surface area contributed by atoms with Gasteiger partial charge in [-0.3, -0.25) is 9.59 Å². The molecule has 0 fully saturated rings. The molecular weight excluding hydrogens is 348 g/mol. The summed E-state index contributed by atoms with van der Waals surface area (Å²) in [5.74, 6) is 5.95. The Morgan fingerprint density at radius 2 is 2.00 bits per heavy atom. The smallest absolute Gasteiger partial charge is 0.280 e. The largest absolute Gasteiger partial charge is 0.334 e. The van der Waals surface area contributed by atoms with Crippen LogP contribution in [-0.4, -0.2) is 27.9 Å². The van der Waals surface area contributed by atoms with Crippen molar-refractivity contribution in [1.82, 2.24) is 9.66 Å².